The number of rotatable bonds is 5. The van der Waals surface area contributed by atoms with Gasteiger partial charge in [-0.2, -0.15) is 0 Å². The normalized spacial score (nSPS) is 12.9. The van der Waals surface area contributed by atoms with E-state index in [4.69, 9.17) is 0 Å². The minimum atomic E-state index is 0.531. The topological polar surface area (TPSA) is 21.1 Å². The Hall–Kier alpha value is -1.26. The van der Waals surface area contributed by atoms with Gasteiger partial charge in [0.25, 0.3) is 0 Å². The maximum absolute atomic E-state index is 4.50. The van der Waals surface area contributed by atoms with Crippen LogP contribution in [0.2, 0.25) is 0 Å². The first-order valence-electron chi connectivity index (χ1n) is 6.90. The van der Waals surface area contributed by atoms with Crippen LogP contribution in [-0.4, -0.2) is 40.3 Å². The molecule has 3 nitrogen and oxygen atoms in total. The molecule has 0 amide bonds. The maximum atomic E-state index is 4.50. The van der Waals surface area contributed by atoms with E-state index in [0.29, 0.717) is 6.04 Å². The molecule has 108 valence electrons. The molecule has 1 aromatic heterocycles. The highest BCUT2D eigenvalue weighted by molar-refractivity contribution is 7.99. The van der Waals surface area contributed by atoms with Crippen LogP contribution >= 0.6 is 11.8 Å². The van der Waals surface area contributed by atoms with Gasteiger partial charge in [-0.05, 0) is 52.1 Å². The summed E-state index contributed by atoms with van der Waals surface area (Å²) in [6.45, 7) is 6.55. The fraction of sp³-hybridized carbons (Fsp3) is 0.438. The Labute approximate surface area is 126 Å². The lowest BCUT2D eigenvalue weighted by Crippen LogP contribution is -2.26. The van der Waals surface area contributed by atoms with E-state index in [1.807, 2.05) is 24.2 Å². The quantitative estimate of drug-likeness (QED) is 0.786. The second-order valence-electron chi connectivity index (χ2n) is 5.42. The first kappa shape index (κ1) is 15.1. The van der Waals surface area contributed by atoms with Crippen LogP contribution < -0.4 is 0 Å². The van der Waals surface area contributed by atoms with Gasteiger partial charge in [0.2, 0.25) is 0 Å². The largest absolute Gasteiger partial charge is 0.306 e. The number of hydrogen-bond donors (Lipinski definition) is 0. The van der Waals surface area contributed by atoms with Crippen LogP contribution in [0.25, 0.3) is 5.69 Å². The van der Waals surface area contributed by atoms with Gasteiger partial charge in [-0.25, -0.2) is 4.98 Å². The van der Waals surface area contributed by atoms with Crippen LogP contribution in [0.15, 0.2) is 35.7 Å². The summed E-state index contributed by atoms with van der Waals surface area (Å²) < 4.78 is 2.19. The zero-order chi connectivity index (χ0) is 14.7. The van der Waals surface area contributed by atoms with Crippen molar-refractivity contribution < 1.29 is 0 Å². The van der Waals surface area contributed by atoms with Crippen molar-refractivity contribution in [3.63, 3.8) is 0 Å². The van der Waals surface area contributed by atoms with Gasteiger partial charge in [0.05, 0.1) is 5.69 Å². The molecule has 20 heavy (non-hydrogen) atoms. The molecular formula is C16H23N3S. The number of aryl methyl sites for hydroxylation is 1. The molecule has 2 rings (SSSR count). The molecule has 2 aromatic rings. The zero-order valence-corrected chi connectivity index (χ0v) is 13.7. The molecule has 0 aliphatic carbocycles. The lowest BCUT2D eigenvalue weighted by atomic mass is 10.1. The number of imidazole rings is 1. The molecule has 1 aromatic carbocycles. The summed E-state index contributed by atoms with van der Waals surface area (Å²) in [6.07, 6.45) is 3.93. The van der Waals surface area contributed by atoms with Crippen LogP contribution in [0.5, 0.6) is 0 Å². The highest BCUT2D eigenvalue weighted by Gasteiger charge is 2.11. The van der Waals surface area contributed by atoms with Crippen LogP contribution in [0.4, 0.5) is 0 Å². The summed E-state index contributed by atoms with van der Waals surface area (Å²) in [5, 5.41) is 1.06. The molecule has 1 heterocycles. The first-order valence-corrected chi connectivity index (χ1v) is 7.88. The van der Waals surface area contributed by atoms with E-state index in [1.54, 1.807) is 0 Å². The molecule has 1 atom stereocenters. The molecule has 0 spiro atoms. The Morgan fingerprint density at radius 1 is 1.30 bits per heavy atom. The Kier molecular flexibility index (Phi) is 4.89. The van der Waals surface area contributed by atoms with Crippen molar-refractivity contribution in [3.8, 4) is 5.69 Å². The fourth-order valence-electron chi connectivity index (χ4n) is 1.92. The molecule has 0 aliphatic rings. The average Bonchev–Trinajstić information content (AvgIpc) is 2.87. The predicted molar refractivity (Wildman–Crippen MR) is 86.9 cm³/mol. The molecule has 0 fully saturated rings. The van der Waals surface area contributed by atoms with Gasteiger partial charge in [-0.15, -0.1) is 0 Å². The van der Waals surface area contributed by atoms with Crippen LogP contribution in [0, 0.1) is 13.8 Å². The Bertz CT molecular complexity index is 575. The SMILES string of the molecule is Cc1cccc(-n2ccnc2SCC(C)N(C)C)c1C. The Balaban J connectivity index is 2.22. The van der Waals surface area contributed by atoms with Crippen molar-refractivity contribution in [2.45, 2.75) is 32.0 Å². The van der Waals surface area contributed by atoms with Gasteiger partial charge >= 0.3 is 0 Å². The van der Waals surface area contributed by atoms with E-state index in [9.17, 15) is 0 Å². The van der Waals surface area contributed by atoms with Crippen LogP contribution in [-0.2, 0) is 0 Å². The highest BCUT2D eigenvalue weighted by atomic mass is 32.2. The third-order valence-corrected chi connectivity index (χ3v) is 4.99. The van der Waals surface area contributed by atoms with E-state index in [-0.39, 0.29) is 0 Å². The monoisotopic (exact) mass is 289 g/mol. The minimum Gasteiger partial charge on any atom is -0.306 e. The summed E-state index contributed by atoms with van der Waals surface area (Å²) in [5.41, 5.74) is 3.85. The average molecular weight is 289 g/mol. The molecule has 4 heteroatoms. The Morgan fingerprint density at radius 2 is 2.05 bits per heavy atom. The summed E-state index contributed by atoms with van der Waals surface area (Å²) in [4.78, 5) is 6.74. The fourth-order valence-corrected chi connectivity index (χ4v) is 3.04. The lowest BCUT2D eigenvalue weighted by Gasteiger charge is -2.19. The van der Waals surface area contributed by atoms with Crippen LogP contribution in [0.1, 0.15) is 18.1 Å². The van der Waals surface area contributed by atoms with Crippen molar-refractivity contribution in [2.75, 3.05) is 19.8 Å². The number of hydrogen-bond acceptors (Lipinski definition) is 3. The van der Waals surface area contributed by atoms with Crippen molar-refractivity contribution >= 4 is 11.8 Å². The van der Waals surface area contributed by atoms with Crippen LogP contribution in [0.3, 0.4) is 0 Å². The molecule has 0 bridgehead atoms. The van der Waals surface area contributed by atoms with Gasteiger partial charge in [-0.1, -0.05) is 23.9 Å². The van der Waals surface area contributed by atoms with Crippen molar-refractivity contribution in [1.29, 1.82) is 0 Å². The van der Waals surface area contributed by atoms with Gasteiger partial charge in [0.1, 0.15) is 0 Å². The van der Waals surface area contributed by atoms with Crippen molar-refractivity contribution in [1.82, 2.24) is 14.5 Å². The molecule has 0 aliphatic heterocycles. The summed E-state index contributed by atoms with van der Waals surface area (Å²) in [7, 11) is 4.23. The van der Waals surface area contributed by atoms with Gasteiger partial charge < -0.3 is 4.90 Å². The minimum absolute atomic E-state index is 0.531. The van der Waals surface area contributed by atoms with E-state index in [2.05, 4.69) is 67.5 Å². The van der Waals surface area contributed by atoms with Gasteiger partial charge in [0.15, 0.2) is 5.16 Å². The summed E-state index contributed by atoms with van der Waals surface area (Å²) in [5.74, 6) is 1.04. The van der Waals surface area contributed by atoms with E-state index >= 15 is 0 Å². The van der Waals surface area contributed by atoms with Crippen molar-refractivity contribution in [2.24, 2.45) is 0 Å². The number of aromatic nitrogens is 2. The second kappa shape index (κ2) is 6.46. The molecule has 0 N–H and O–H groups in total. The first-order chi connectivity index (χ1) is 9.50. The smallest absolute Gasteiger partial charge is 0.172 e. The Morgan fingerprint density at radius 3 is 2.75 bits per heavy atom. The van der Waals surface area contributed by atoms with E-state index in [0.717, 1.165) is 10.9 Å². The second-order valence-corrected chi connectivity index (χ2v) is 6.41. The third-order valence-electron chi connectivity index (χ3n) is 3.78. The maximum Gasteiger partial charge on any atom is 0.172 e. The molecule has 0 saturated heterocycles. The molecule has 1 unspecified atom stereocenters. The van der Waals surface area contributed by atoms with Gasteiger partial charge in [-0.3, -0.25) is 4.57 Å². The molecule has 0 saturated carbocycles. The van der Waals surface area contributed by atoms with Crippen molar-refractivity contribution in [3.05, 3.63) is 41.7 Å². The molecule has 0 radical (unpaired) electrons. The number of thioether (sulfide) groups is 1. The molecular weight excluding hydrogens is 266 g/mol. The zero-order valence-electron chi connectivity index (χ0n) is 12.9. The van der Waals surface area contributed by atoms with E-state index in [1.165, 1.54) is 16.8 Å². The third kappa shape index (κ3) is 3.25. The summed E-state index contributed by atoms with van der Waals surface area (Å²) in [6, 6.07) is 6.94. The summed E-state index contributed by atoms with van der Waals surface area (Å²) >= 11 is 1.81. The van der Waals surface area contributed by atoms with Gasteiger partial charge in [0, 0.05) is 24.2 Å². The standard InChI is InChI=1S/C16H23N3S/c1-12-7-6-8-15(14(12)3)19-10-9-17-16(19)20-11-13(2)18(4)5/h6-10,13H,11H2,1-5H3. The predicted octanol–water partition coefficient (Wildman–Crippen LogP) is 3.53. The number of benzene rings is 1. The lowest BCUT2D eigenvalue weighted by molar-refractivity contribution is 0.340. The highest BCUT2D eigenvalue weighted by Crippen LogP contribution is 2.24. The van der Waals surface area contributed by atoms with E-state index < -0.39 is 0 Å². The number of nitrogens with zero attached hydrogens (tertiary/aromatic N) is 3.